The van der Waals surface area contributed by atoms with Crippen LogP contribution in [0.25, 0.3) is 71.3 Å². The summed E-state index contributed by atoms with van der Waals surface area (Å²) in [5.41, 5.74) is -2.26. The Bertz CT molecular complexity index is 3330. The predicted octanol–water partition coefficient (Wildman–Crippen LogP) is 10.5. The summed E-state index contributed by atoms with van der Waals surface area (Å²) in [6, 6.07) is -7.85. The molecule has 1 aliphatic heterocycles. The van der Waals surface area contributed by atoms with Gasteiger partial charge in [-0.15, -0.1) is 0 Å². The molecule has 1 aliphatic rings. The van der Waals surface area contributed by atoms with Crippen molar-refractivity contribution in [1.29, 1.82) is 0 Å². The molecule has 0 bridgehead atoms. The number of ether oxygens (including phenoxy) is 1. The van der Waals surface area contributed by atoms with Gasteiger partial charge in [0.15, 0.2) is 0 Å². The first-order chi connectivity index (χ1) is 27.8. The largest absolute Gasteiger partial charge is 0.456 e. The number of fused-ring (bicyclic) bond motifs is 7. The van der Waals surface area contributed by atoms with Crippen molar-refractivity contribution in [2.75, 3.05) is 0 Å². The van der Waals surface area contributed by atoms with Gasteiger partial charge in [-0.2, -0.15) is 0 Å². The van der Waals surface area contributed by atoms with Crippen LogP contribution in [0, 0.1) is 0 Å². The monoisotopic (exact) mass is 528 g/mol. The van der Waals surface area contributed by atoms with Crippen LogP contribution >= 0.6 is 0 Å². The van der Waals surface area contributed by atoms with Gasteiger partial charge in [0.25, 0.3) is 0 Å². The molecule has 7 aromatic carbocycles. The summed E-state index contributed by atoms with van der Waals surface area (Å²) in [6.07, 6.45) is 0. The maximum Gasteiger partial charge on any atom is 0.135 e. The second-order valence-electron chi connectivity index (χ2n) is 9.06. The molecular formula is C38H23NO. The maximum atomic E-state index is 9.48. The first-order valence-corrected chi connectivity index (χ1v) is 12.2. The van der Waals surface area contributed by atoms with E-state index < -0.39 is 164 Å². The molecule has 1 aromatic heterocycles. The lowest BCUT2D eigenvalue weighted by Crippen LogP contribution is -1.99. The lowest BCUT2D eigenvalue weighted by molar-refractivity contribution is 0.487. The Morgan fingerprint density at radius 3 is 2.15 bits per heavy atom. The van der Waals surface area contributed by atoms with Crippen molar-refractivity contribution in [2.45, 2.75) is 0 Å². The van der Waals surface area contributed by atoms with Crippen LogP contribution in [-0.2, 0) is 0 Å². The van der Waals surface area contributed by atoms with Crippen LogP contribution in [0.5, 0.6) is 11.5 Å². The Morgan fingerprint density at radius 2 is 1.23 bits per heavy atom. The third-order valence-corrected chi connectivity index (χ3v) is 7.00. The van der Waals surface area contributed by atoms with Gasteiger partial charge < -0.3 is 9.30 Å². The SMILES string of the molecule is [2H]c1c([2H])c([2H])c(-n2c3c(-c4c([2H])c([2H])c5c6c(c([2H])c([2H])c([2H])c46)-c4ccccc4O5)c([2H])c([2H])c([2H])c3c3c([2H])c([2H])c4c([2H])c([2H])c([2H])c([2H])c4c32)c([2H])c1[2H]. The summed E-state index contributed by atoms with van der Waals surface area (Å²) >= 11 is 0. The number of nitrogens with zero attached hydrogens (tertiary/aromatic N) is 1. The molecule has 0 aliphatic carbocycles. The van der Waals surface area contributed by atoms with E-state index in [1.165, 1.54) is 0 Å². The standard InChI is InChI=1S/C38H23NO/c1-2-11-25(12-3-1)39-37-26-13-5-4-10-24(26)20-21-33(37)32-18-9-17-31(38(32)39)27-22-23-35-36-29(27)15-8-16-30(36)28-14-6-7-19-34(28)40-35/h1-23H/i1D,2D,3D,4D,5D,8D,9D,10D,11D,12D,13D,15D,16D,17D,18D,20D,21D,22D,23D. The predicted molar refractivity (Wildman–Crippen MR) is 167 cm³/mol. The Morgan fingerprint density at radius 1 is 0.475 bits per heavy atom. The minimum atomic E-state index is -0.869. The summed E-state index contributed by atoms with van der Waals surface area (Å²) in [6.45, 7) is 0. The van der Waals surface area contributed by atoms with Gasteiger partial charge in [0.2, 0.25) is 0 Å². The third-order valence-electron chi connectivity index (χ3n) is 7.00. The fraction of sp³-hybridized carbons (Fsp3) is 0. The first-order valence-electron chi connectivity index (χ1n) is 21.7. The number of rotatable bonds is 2. The zero-order valence-electron chi connectivity index (χ0n) is 39.2. The van der Waals surface area contributed by atoms with Crippen LogP contribution in [-0.4, -0.2) is 4.57 Å². The molecule has 0 saturated heterocycles. The average Bonchev–Trinajstić information content (AvgIpc) is 3.56. The second-order valence-corrected chi connectivity index (χ2v) is 9.06. The summed E-state index contributed by atoms with van der Waals surface area (Å²) in [5.74, 6) is -0.0639. The highest BCUT2D eigenvalue weighted by Crippen LogP contribution is 2.49. The zero-order valence-corrected chi connectivity index (χ0v) is 20.2. The number of para-hydroxylation sites is 3. The zero-order chi connectivity index (χ0) is 42.7. The van der Waals surface area contributed by atoms with Gasteiger partial charge >= 0.3 is 0 Å². The normalized spacial score (nSPS) is 18.9. The molecule has 2 heterocycles. The summed E-state index contributed by atoms with van der Waals surface area (Å²) in [7, 11) is 0. The van der Waals surface area contributed by atoms with Gasteiger partial charge in [-0.1, -0.05) is 109 Å². The van der Waals surface area contributed by atoms with Crippen LogP contribution in [0.3, 0.4) is 0 Å². The average molecular weight is 529 g/mol. The number of benzene rings is 7. The van der Waals surface area contributed by atoms with Crippen LogP contribution < -0.4 is 4.74 Å². The minimum absolute atomic E-state index is 0.0547. The lowest BCUT2D eigenvalue weighted by atomic mass is 9.90. The van der Waals surface area contributed by atoms with Gasteiger partial charge in [0.1, 0.15) is 11.5 Å². The Balaban J connectivity index is 1.68. The summed E-state index contributed by atoms with van der Waals surface area (Å²) in [4.78, 5) is 0. The first kappa shape index (κ1) is 10.3. The van der Waals surface area contributed by atoms with E-state index in [4.69, 9.17) is 22.6 Å². The molecule has 0 N–H and O–H groups in total. The Hall–Kier alpha value is -5.34. The van der Waals surface area contributed by atoms with Crippen molar-refractivity contribution in [2.24, 2.45) is 0 Å². The lowest BCUT2D eigenvalue weighted by Gasteiger charge is -2.22. The highest BCUT2D eigenvalue weighted by atomic mass is 16.5. The molecule has 0 saturated carbocycles. The molecule has 0 spiro atoms. The van der Waals surface area contributed by atoms with Crippen molar-refractivity contribution in [3.8, 4) is 39.4 Å². The molecule has 0 radical (unpaired) electrons. The van der Waals surface area contributed by atoms with E-state index in [9.17, 15) is 8.22 Å². The number of hydrogen-bond acceptors (Lipinski definition) is 1. The molecule has 0 amide bonds. The van der Waals surface area contributed by atoms with E-state index >= 15 is 0 Å². The summed E-state index contributed by atoms with van der Waals surface area (Å²) < 4.78 is 178. The molecule has 9 rings (SSSR count). The molecule has 186 valence electrons. The molecule has 2 nitrogen and oxygen atoms in total. The molecule has 2 heteroatoms. The van der Waals surface area contributed by atoms with Crippen LogP contribution in [0.15, 0.2) is 139 Å². The van der Waals surface area contributed by atoms with E-state index in [1.807, 2.05) is 0 Å². The topological polar surface area (TPSA) is 14.2 Å². The van der Waals surface area contributed by atoms with E-state index in [0.717, 1.165) is 4.57 Å². The number of hydrogen-bond donors (Lipinski definition) is 0. The van der Waals surface area contributed by atoms with E-state index in [0.29, 0.717) is 5.56 Å². The van der Waals surface area contributed by atoms with Gasteiger partial charge in [-0.3, -0.25) is 0 Å². The second kappa shape index (κ2) is 8.08. The Kier molecular flexibility index (Phi) is 2.09. The Labute approximate surface area is 258 Å². The van der Waals surface area contributed by atoms with Crippen molar-refractivity contribution in [3.63, 3.8) is 0 Å². The quantitative estimate of drug-likeness (QED) is 0.218. The van der Waals surface area contributed by atoms with E-state index in [1.54, 1.807) is 24.3 Å². The number of aromatic nitrogens is 1. The van der Waals surface area contributed by atoms with Crippen molar-refractivity contribution < 1.29 is 30.8 Å². The maximum absolute atomic E-state index is 9.48. The van der Waals surface area contributed by atoms with Gasteiger partial charge in [0.05, 0.1) is 37.1 Å². The van der Waals surface area contributed by atoms with Gasteiger partial charge in [-0.05, 0) is 52.1 Å². The molecular weight excluding hydrogens is 486 g/mol. The molecule has 0 fully saturated rings. The molecule has 0 unspecified atom stereocenters. The van der Waals surface area contributed by atoms with E-state index in [-0.39, 0.29) is 27.8 Å². The minimum Gasteiger partial charge on any atom is -0.456 e. The van der Waals surface area contributed by atoms with Crippen LogP contribution in [0.2, 0.25) is 0 Å². The van der Waals surface area contributed by atoms with Gasteiger partial charge in [0, 0.05) is 38.4 Å². The van der Waals surface area contributed by atoms with Gasteiger partial charge in [-0.25, -0.2) is 0 Å². The smallest absolute Gasteiger partial charge is 0.135 e. The van der Waals surface area contributed by atoms with E-state index in [2.05, 4.69) is 0 Å². The van der Waals surface area contributed by atoms with Crippen molar-refractivity contribution >= 4 is 43.4 Å². The highest BCUT2D eigenvalue weighted by Gasteiger charge is 2.23. The fourth-order valence-corrected chi connectivity index (χ4v) is 5.38. The molecule has 0 atom stereocenters. The van der Waals surface area contributed by atoms with Crippen molar-refractivity contribution in [1.82, 2.24) is 4.57 Å². The van der Waals surface area contributed by atoms with Crippen molar-refractivity contribution in [3.05, 3.63) is 139 Å². The van der Waals surface area contributed by atoms with Crippen LogP contribution in [0.4, 0.5) is 0 Å². The fourth-order valence-electron chi connectivity index (χ4n) is 5.38. The third kappa shape index (κ3) is 2.88. The summed E-state index contributed by atoms with van der Waals surface area (Å²) in [5, 5.41) is -2.18. The van der Waals surface area contributed by atoms with Crippen LogP contribution in [0.1, 0.15) is 26.0 Å². The highest BCUT2D eigenvalue weighted by molar-refractivity contribution is 6.22. The molecule has 8 aromatic rings. The molecule has 40 heavy (non-hydrogen) atoms.